The van der Waals surface area contributed by atoms with Crippen molar-refractivity contribution in [3.05, 3.63) is 60.3 Å². The summed E-state index contributed by atoms with van der Waals surface area (Å²) < 4.78 is 17.1. The fraction of sp³-hybridized carbons (Fsp3) is 0.809. The lowest BCUT2D eigenvalue weighted by Gasteiger charge is -2.30. The highest BCUT2D eigenvalue weighted by atomic mass is 16.6. The normalized spacial score (nSPS) is 23.3. The first kappa shape index (κ1) is 63.6. The molecular formula is C68H114O6. The number of hydrogen-bond donors (Lipinski definition) is 0. The number of rotatable bonds is 48. The second-order valence-electron chi connectivity index (χ2n) is 23.8. The number of fused-ring (bicyclic) bond motifs is 4. The number of carbonyl (C=O) groups is 3. The standard InChI is InChI=1S/C68H114O6/c1-5-8-11-13-15-16-17-18-19-20-21-22-26-32-39-46-66(69)72-54-60(55-73-67(70)47-40-33-27-24-23-25-30-36-43-62-58-50-49-57(52-58)61(62)42-35-10-7-3)74-68(71)48-41-34-28-31-38-45-64-63(44-37-29-14-12-9-6-2)59-51-56(4)65(64)53-59/h10,29-30,35-37,49-51,57-65H,5-9,11-28,31-34,38-48,52-55H2,1-4H3. The van der Waals surface area contributed by atoms with E-state index < -0.39 is 6.10 Å². The van der Waals surface area contributed by atoms with Crippen molar-refractivity contribution in [3.63, 3.8) is 0 Å². The fourth-order valence-corrected chi connectivity index (χ4v) is 13.4. The lowest BCUT2D eigenvalue weighted by molar-refractivity contribution is -0.167. The summed E-state index contributed by atoms with van der Waals surface area (Å²) in [5.41, 5.74) is 1.63. The van der Waals surface area contributed by atoms with Crippen molar-refractivity contribution >= 4 is 17.9 Å². The van der Waals surface area contributed by atoms with Gasteiger partial charge in [-0.3, -0.25) is 14.4 Å². The van der Waals surface area contributed by atoms with E-state index in [9.17, 15) is 14.4 Å². The number of hydrogen-bond acceptors (Lipinski definition) is 6. The molecule has 74 heavy (non-hydrogen) atoms. The van der Waals surface area contributed by atoms with Gasteiger partial charge >= 0.3 is 17.9 Å². The highest BCUT2D eigenvalue weighted by molar-refractivity contribution is 5.71. The third-order valence-electron chi connectivity index (χ3n) is 17.8. The minimum absolute atomic E-state index is 0.0753. The first-order valence-electron chi connectivity index (χ1n) is 32.2. The molecule has 0 aromatic rings. The summed E-state index contributed by atoms with van der Waals surface area (Å²) in [6.45, 7) is 8.97. The van der Waals surface area contributed by atoms with Gasteiger partial charge in [0.05, 0.1) is 0 Å². The van der Waals surface area contributed by atoms with E-state index in [1.807, 2.05) is 0 Å². The number of ether oxygens (including phenoxy) is 3. The van der Waals surface area contributed by atoms with Crippen molar-refractivity contribution < 1.29 is 28.6 Å². The molecule has 9 unspecified atom stereocenters. The van der Waals surface area contributed by atoms with Crippen LogP contribution in [0.1, 0.15) is 285 Å². The third-order valence-corrected chi connectivity index (χ3v) is 17.8. The Hall–Kier alpha value is -2.89. The predicted octanol–water partition coefficient (Wildman–Crippen LogP) is 19.8. The number of unbranched alkanes of at least 4 members (excludes halogenated alkanes) is 26. The number of allylic oxidation sites excluding steroid dienone is 10. The van der Waals surface area contributed by atoms with Crippen molar-refractivity contribution in [2.24, 2.45) is 47.3 Å². The minimum atomic E-state index is -0.785. The van der Waals surface area contributed by atoms with E-state index in [2.05, 4.69) is 82.4 Å². The molecule has 4 bridgehead atoms. The molecule has 0 spiro atoms. The Bertz CT molecular complexity index is 1620. The van der Waals surface area contributed by atoms with Crippen LogP contribution in [-0.2, 0) is 28.6 Å². The smallest absolute Gasteiger partial charge is 0.306 e. The molecule has 0 aromatic heterocycles. The van der Waals surface area contributed by atoms with Crippen LogP contribution in [0.4, 0.5) is 0 Å². The Kier molecular flexibility index (Phi) is 35.5. The summed E-state index contributed by atoms with van der Waals surface area (Å²) in [6, 6.07) is 0. The Morgan fingerprint density at radius 1 is 0.459 bits per heavy atom. The number of esters is 3. The molecule has 6 heteroatoms. The Morgan fingerprint density at radius 3 is 1.36 bits per heavy atom. The fourth-order valence-electron chi connectivity index (χ4n) is 13.4. The molecule has 0 heterocycles. The van der Waals surface area contributed by atoms with Gasteiger partial charge in [0.2, 0.25) is 0 Å². The van der Waals surface area contributed by atoms with Crippen molar-refractivity contribution in [3.8, 4) is 0 Å². The quantitative estimate of drug-likeness (QED) is 0.0261. The van der Waals surface area contributed by atoms with E-state index in [0.29, 0.717) is 19.3 Å². The van der Waals surface area contributed by atoms with Crippen LogP contribution in [0.2, 0.25) is 0 Å². The van der Waals surface area contributed by atoms with Gasteiger partial charge in [-0.1, -0.05) is 229 Å². The lowest BCUT2D eigenvalue weighted by Crippen LogP contribution is -2.30. The van der Waals surface area contributed by atoms with E-state index in [1.54, 1.807) is 5.57 Å². The monoisotopic (exact) mass is 1030 g/mol. The van der Waals surface area contributed by atoms with E-state index in [-0.39, 0.29) is 31.1 Å². The Balaban J connectivity index is 1.08. The molecule has 0 amide bonds. The van der Waals surface area contributed by atoms with E-state index >= 15 is 0 Å². The maximum atomic E-state index is 13.1. The second kappa shape index (κ2) is 41.2. The zero-order valence-electron chi connectivity index (χ0n) is 48.5. The van der Waals surface area contributed by atoms with Gasteiger partial charge in [-0.2, -0.15) is 0 Å². The Morgan fingerprint density at radius 2 is 0.865 bits per heavy atom. The van der Waals surface area contributed by atoms with Gasteiger partial charge in [-0.25, -0.2) is 0 Å². The zero-order chi connectivity index (χ0) is 52.7. The van der Waals surface area contributed by atoms with Crippen LogP contribution in [0.3, 0.4) is 0 Å². The van der Waals surface area contributed by atoms with Gasteiger partial charge in [0.1, 0.15) is 13.2 Å². The van der Waals surface area contributed by atoms with Crippen LogP contribution < -0.4 is 0 Å². The molecule has 4 rings (SSSR count). The topological polar surface area (TPSA) is 78.9 Å². The van der Waals surface area contributed by atoms with Crippen LogP contribution in [0.5, 0.6) is 0 Å². The number of carbonyl (C=O) groups excluding carboxylic acids is 3. The van der Waals surface area contributed by atoms with Gasteiger partial charge in [-0.05, 0) is 144 Å². The van der Waals surface area contributed by atoms with Crippen molar-refractivity contribution in [1.29, 1.82) is 0 Å². The SMILES string of the molecule is CCC=CCC1C2C=CC(C2)C1CC=CCCCCCCCC(=O)OCC(COC(=O)CCCCCCCCCCCCCCCCC)OC(=O)CCCCCCCC1C2CC(C=C2C)C1CC=CCCCCC. The Labute approximate surface area is 456 Å². The molecule has 0 aromatic carbocycles. The molecule has 2 saturated carbocycles. The van der Waals surface area contributed by atoms with Crippen molar-refractivity contribution in [1.82, 2.24) is 0 Å². The average Bonchev–Trinajstić information content (AvgIpc) is 4.19. The summed E-state index contributed by atoms with van der Waals surface area (Å²) in [5.74, 6) is 5.50. The summed E-state index contributed by atoms with van der Waals surface area (Å²) in [7, 11) is 0. The molecule has 6 nitrogen and oxygen atoms in total. The molecule has 9 atom stereocenters. The van der Waals surface area contributed by atoms with Gasteiger partial charge in [-0.15, -0.1) is 0 Å². The van der Waals surface area contributed by atoms with Crippen molar-refractivity contribution in [2.75, 3.05) is 13.2 Å². The maximum Gasteiger partial charge on any atom is 0.306 e. The zero-order valence-corrected chi connectivity index (χ0v) is 48.5. The third kappa shape index (κ3) is 26.9. The van der Waals surface area contributed by atoms with Gasteiger partial charge in [0, 0.05) is 19.3 Å². The first-order chi connectivity index (χ1) is 36.3. The minimum Gasteiger partial charge on any atom is -0.462 e. The highest BCUT2D eigenvalue weighted by Gasteiger charge is 2.45. The van der Waals surface area contributed by atoms with E-state index in [1.165, 1.54) is 167 Å². The molecule has 422 valence electrons. The summed E-state index contributed by atoms with van der Waals surface area (Å²) >= 11 is 0. The molecule has 4 aliphatic rings. The molecule has 0 radical (unpaired) electrons. The van der Waals surface area contributed by atoms with Gasteiger partial charge in [0.15, 0.2) is 6.10 Å². The predicted molar refractivity (Wildman–Crippen MR) is 312 cm³/mol. The summed E-state index contributed by atoms with van der Waals surface area (Å²) in [5, 5.41) is 0. The maximum absolute atomic E-state index is 13.1. The molecule has 0 N–H and O–H groups in total. The second-order valence-corrected chi connectivity index (χ2v) is 23.8. The molecule has 4 aliphatic carbocycles. The molecule has 0 aliphatic heterocycles. The lowest BCUT2D eigenvalue weighted by atomic mass is 9.75. The van der Waals surface area contributed by atoms with Crippen LogP contribution in [0.15, 0.2) is 60.3 Å². The summed E-state index contributed by atoms with van der Waals surface area (Å²) in [4.78, 5) is 38.8. The molecule has 0 saturated heterocycles. The van der Waals surface area contributed by atoms with Crippen LogP contribution >= 0.6 is 0 Å². The van der Waals surface area contributed by atoms with Crippen LogP contribution in [0.25, 0.3) is 0 Å². The summed E-state index contributed by atoms with van der Waals surface area (Å²) in [6.07, 6.45) is 67.2. The first-order valence-corrected chi connectivity index (χ1v) is 32.2. The van der Waals surface area contributed by atoms with E-state index in [0.717, 1.165) is 118 Å². The van der Waals surface area contributed by atoms with E-state index in [4.69, 9.17) is 14.2 Å². The largest absolute Gasteiger partial charge is 0.462 e. The van der Waals surface area contributed by atoms with Gasteiger partial charge in [0.25, 0.3) is 0 Å². The highest BCUT2D eigenvalue weighted by Crippen LogP contribution is 2.55. The van der Waals surface area contributed by atoms with Crippen LogP contribution in [0, 0.1) is 47.3 Å². The van der Waals surface area contributed by atoms with Crippen LogP contribution in [-0.4, -0.2) is 37.2 Å². The van der Waals surface area contributed by atoms with Gasteiger partial charge < -0.3 is 14.2 Å². The van der Waals surface area contributed by atoms with Crippen molar-refractivity contribution in [2.45, 2.75) is 291 Å². The molecular weight excluding hydrogens is 913 g/mol. The molecule has 2 fully saturated rings. The average molecular weight is 1030 g/mol.